The maximum absolute atomic E-state index is 9.79. The number of nitrogens with zero attached hydrogens (tertiary/aromatic N) is 1. The van der Waals surface area contributed by atoms with Gasteiger partial charge in [-0.05, 0) is 25.3 Å². The summed E-state index contributed by atoms with van der Waals surface area (Å²) in [5.74, 6) is 0. The Balaban J connectivity index is 2.00. The number of hydrogen-bond donors (Lipinski definition) is 2. The summed E-state index contributed by atoms with van der Waals surface area (Å²) in [6, 6.07) is 0. The SMILES string of the molecule is Cc1ncsc1CCOCC(O)CNCCC(C)(C)C. The Bertz CT molecular complexity index is 374. The molecule has 0 saturated heterocycles. The molecule has 1 aromatic rings. The minimum Gasteiger partial charge on any atom is -0.389 e. The van der Waals surface area contributed by atoms with Gasteiger partial charge >= 0.3 is 0 Å². The van der Waals surface area contributed by atoms with Crippen LogP contribution in [0.25, 0.3) is 0 Å². The van der Waals surface area contributed by atoms with Crippen LogP contribution >= 0.6 is 11.3 Å². The lowest BCUT2D eigenvalue weighted by atomic mass is 9.92. The molecule has 1 atom stereocenters. The number of hydrogen-bond acceptors (Lipinski definition) is 5. The highest BCUT2D eigenvalue weighted by atomic mass is 32.1. The Hall–Kier alpha value is -0.490. The predicted octanol–water partition coefficient (Wildman–Crippen LogP) is 2.40. The molecule has 1 aromatic heterocycles. The number of ether oxygens (including phenoxy) is 1. The smallest absolute Gasteiger partial charge is 0.0897 e. The maximum atomic E-state index is 9.79. The highest BCUT2D eigenvalue weighted by molar-refractivity contribution is 7.09. The van der Waals surface area contributed by atoms with Crippen molar-refractivity contribution in [3.8, 4) is 0 Å². The summed E-state index contributed by atoms with van der Waals surface area (Å²) >= 11 is 1.66. The molecule has 0 fully saturated rings. The van der Waals surface area contributed by atoms with Crippen molar-refractivity contribution >= 4 is 11.3 Å². The van der Waals surface area contributed by atoms with Crippen LogP contribution in [0.3, 0.4) is 0 Å². The first kappa shape index (κ1) is 17.6. The van der Waals surface area contributed by atoms with Gasteiger partial charge in [0.25, 0.3) is 0 Å². The average molecular weight is 300 g/mol. The minimum atomic E-state index is -0.433. The van der Waals surface area contributed by atoms with Crippen LogP contribution in [0.15, 0.2) is 5.51 Å². The first-order chi connectivity index (χ1) is 9.38. The first-order valence-electron chi connectivity index (χ1n) is 7.24. The van der Waals surface area contributed by atoms with E-state index >= 15 is 0 Å². The quantitative estimate of drug-likeness (QED) is 0.688. The number of aliphatic hydroxyl groups excluding tert-OH is 1. The Morgan fingerprint density at radius 3 is 2.80 bits per heavy atom. The van der Waals surface area contributed by atoms with E-state index in [0.717, 1.165) is 25.1 Å². The van der Waals surface area contributed by atoms with Gasteiger partial charge in [-0.1, -0.05) is 20.8 Å². The zero-order valence-electron chi connectivity index (χ0n) is 13.1. The van der Waals surface area contributed by atoms with E-state index in [1.54, 1.807) is 11.3 Å². The molecule has 4 nitrogen and oxygen atoms in total. The Morgan fingerprint density at radius 1 is 1.45 bits per heavy atom. The maximum Gasteiger partial charge on any atom is 0.0897 e. The second kappa shape index (κ2) is 8.72. The number of nitrogens with one attached hydrogen (secondary N) is 1. The molecule has 1 heterocycles. The predicted molar refractivity (Wildman–Crippen MR) is 84.3 cm³/mol. The first-order valence-corrected chi connectivity index (χ1v) is 8.12. The van der Waals surface area contributed by atoms with Crippen molar-refractivity contribution in [3.05, 3.63) is 16.1 Å². The van der Waals surface area contributed by atoms with Crippen LogP contribution < -0.4 is 5.32 Å². The number of aliphatic hydroxyl groups is 1. The molecule has 0 bridgehead atoms. The van der Waals surface area contributed by atoms with Gasteiger partial charge in [0.1, 0.15) is 0 Å². The van der Waals surface area contributed by atoms with E-state index < -0.39 is 6.10 Å². The third kappa shape index (κ3) is 7.94. The Morgan fingerprint density at radius 2 is 2.20 bits per heavy atom. The van der Waals surface area contributed by atoms with Gasteiger partial charge in [-0.2, -0.15) is 0 Å². The van der Waals surface area contributed by atoms with Crippen LogP contribution in [-0.4, -0.2) is 42.5 Å². The molecule has 1 unspecified atom stereocenters. The van der Waals surface area contributed by atoms with Crippen molar-refractivity contribution in [2.45, 2.75) is 46.6 Å². The number of rotatable bonds is 9. The van der Waals surface area contributed by atoms with Gasteiger partial charge in [0.2, 0.25) is 0 Å². The summed E-state index contributed by atoms with van der Waals surface area (Å²) in [4.78, 5) is 5.47. The van der Waals surface area contributed by atoms with E-state index in [9.17, 15) is 5.11 Å². The zero-order valence-corrected chi connectivity index (χ0v) is 13.9. The van der Waals surface area contributed by atoms with Crippen LogP contribution in [0.5, 0.6) is 0 Å². The van der Waals surface area contributed by atoms with Gasteiger partial charge in [0, 0.05) is 17.8 Å². The summed E-state index contributed by atoms with van der Waals surface area (Å²) in [6.07, 6.45) is 1.55. The number of aromatic nitrogens is 1. The summed E-state index contributed by atoms with van der Waals surface area (Å²) in [5, 5.41) is 13.1. The fourth-order valence-corrected chi connectivity index (χ4v) is 2.50. The average Bonchev–Trinajstić information content (AvgIpc) is 2.75. The molecular formula is C15H28N2O2S. The lowest BCUT2D eigenvalue weighted by Gasteiger charge is -2.19. The third-order valence-electron chi connectivity index (χ3n) is 3.06. The number of aryl methyl sites for hydroxylation is 1. The van der Waals surface area contributed by atoms with Gasteiger partial charge < -0.3 is 15.2 Å². The van der Waals surface area contributed by atoms with Gasteiger partial charge in [0.05, 0.1) is 30.5 Å². The van der Waals surface area contributed by atoms with E-state index in [-0.39, 0.29) is 0 Å². The molecular weight excluding hydrogens is 272 g/mol. The van der Waals surface area contributed by atoms with E-state index in [1.807, 2.05) is 12.4 Å². The second-order valence-electron chi connectivity index (χ2n) is 6.35. The molecule has 0 aliphatic rings. The largest absolute Gasteiger partial charge is 0.389 e. The summed E-state index contributed by atoms with van der Waals surface area (Å²) < 4.78 is 5.51. The molecule has 0 spiro atoms. The van der Waals surface area contributed by atoms with Gasteiger partial charge in [-0.3, -0.25) is 0 Å². The standard InChI is InChI=1S/C15H28N2O2S/c1-12-14(20-11-17-12)5-8-19-10-13(18)9-16-7-6-15(2,3)4/h11,13,16,18H,5-10H2,1-4H3. The molecule has 2 N–H and O–H groups in total. The molecule has 0 amide bonds. The van der Waals surface area contributed by atoms with Crippen molar-refractivity contribution in [1.82, 2.24) is 10.3 Å². The fourth-order valence-electron chi connectivity index (χ4n) is 1.74. The molecule has 0 saturated carbocycles. The lowest BCUT2D eigenvalue weighted by Crippen LogP contribution is -2.32. The van der Waals surface area contributed by atoms with Crippen molar-refractivity contribution in [3.63, 3.8) is 0 Å². The molecule has 0 aromatic carbocycles. The van der Waals surface area contributed by atoms with Crippen molar-refractivity contribution in [1.29, 1.82) is 0 Å². The zero-order chi connectivity index (χ0) is 15.0. The van der Waals surface area contributed by atoms with E-state index in [1.165, 1.54) is 4.88 Å². The highest BCUT2D eigenvalue weighted by Gasteiger charge is 2.10. The number of thiazole rings is 1. The Kier molecular flexibility index (Phi) is 7.66. The third-order valence-corrected chi connectivity index (χ3v) is 4.06. The monoisotopic (exact) mass is 300 g/mol. The van der Waals surface area contributed by atoms with Gasteiger partial charge in [-0.15, -0.1) is 11.3 Å². The summed E-state index contributed by atoms with van der Waals surface area (Å²) in [6.45, 7) is 11.2. The minimum absolute atomic E-state index is 0.334. The molecule has 1 rings (SSSR count). The molecule has 20 heavy (non-hydrogen) atoms. The van der Waals surface area contributed by atoms with Crippen molar-refractivity contribution in [2.75, 3.05) is 26.3 Å². The lowest BCUT2D eigenvalue weighted by molar-refractivity contribution is 0.0383. The summed E-state index contributed by atoms with van der Waals surface area (Å²) in [5.41, 5.74) is 3.28. The second-order valence-corrected chi connectivity index (χ2v) is 7.29. The summed E-state index contributed by atoms with van der Waals surface area (Å²) in [7, 11) is 0. The van der Waals surface area contributed by atoms with Crippen LogP contribution in [0.1, 0.15) is 37.8 Å². The normalized spacial score (nSPS) is 13.7. The van der Waals surface area contributed by atoms with E-state index in [0.29, 0.717) is 25.2 Å². The van der Waals surface area contributed by atoms with Gasteiger partial charge in [0.15, 0.2) is 0 Å². The van der Waals surface area contributed by atoms with Gasteiger partial charge in [-0.25, -0.2) is 4.98 Å². The van der Waals surface area contributed by atoms with Crippen LogP contribution in [0.2, 0.25) is 0 Å². The molecule has 116 valence electrons. The van der Waals surface area contributed by atoms with Crippen LogP contribution in [0.4, 0.5) is 0 Å². The fraction of sp³-hybridized carbons (Fsp3) is 0.800. The van der Waals surface area contributed by atoms with Crippen molar-refractivity contribution in [2.24, 2.45) is 5.41 Å². The highest BCUT2D eigenvalue weighted by Crippen LogP contribution is 2.16. The molecule has 5 heteroatoms. The topological polar surface area (TPSA) is 54.4 Å². The molecule has 0 radical (unpaired) electrons. The van der Waals surface area contributed by atoms with E-state index in [4.69, 9.17) is 4.74 Å². The van der Waals surface area contributed by atoms with E-state index in [2.05, 4.69) is 31.1 Å². The Labute approximate surface area is 126 Å². The molecule has 0 aliphatic carbocycles. The molecule has 0 aliphatic heterocycles. The van der Waals surface area contributed by atoms with Crippen molar-refractivity contribution < 1.29 is 9.84 Å². The van der Waals surface area contributed by atoms with Crippen LogP contribution in [0, 0.1) is 12.3 Å². The van der Waals surface area contributed by atoms with Crippen LogP contribution in [-0.2, 0) is 11.2 Å².